The third kappa shape index (κ3) is 5.68. The zero-order valence-corrected chi connectivity index (χ0v) is 17.4. The molecule has 0 saturated heterocycles. The van der Waals surface area contributed by atoms with E-state index in [2.05, 4.69) is 0 Å². The summed E-state index contributed by atoms with van der Waals surface area (Å²) in [6.45, 7) is 3.84. The van der Waals surface area contributed by atoms with Gasteiger partial charge in [0, 0.05) is 13.1 Å². The lowest BCUT2D eigenvalue weighted by atomic mass is 10.2. The molecule has 0 aliphatic carbocycles. The highest BCUT2D eigenvalue weighted by atomic mass is 32.2. The summed E-state index contributed by atoms with van der Waals surface area (Å²) in [4.78, 5) is 12.0. The van der Waals surface area contributed by atoms with E-state index in [1.165, 1.54) is 4.31 Å². The van der Waals surface area contributed by atoms with Gasteiger partial charge in [-0.05, 0) is 42.5 Å². The lowest BCUT2D eigenvalue weighted by Gasteiger charge is -2.18. The number of rotatable bonds is 10. The Morgan fingerprint density at radius 3 is 2.21 bits per heavy atom. The van der Waals surface area contributed by atoms with Crippen molar-refractivity contribution in [2.24, 2.45) is 0 Å². The molecule has 0 aliphatic heterocycles. The molecule has 0 bridgehead atoms. The highest BCUT2D eigenvalue weighted by Gasteiger charge is 2.24. The highest BCUT2D eigenvalue weighted by Crippen LogP contribution is 2.20. The van der Waals surface area contributed by atoms with E-state index < -0.39 is 27.4 Å². The monoisotopic (exact) mass is 425 g/mol. The van der Waals surface area contributed by atoms with E-state index in [9.17, 15) is 17.6 Å². The summed E-state index contributed by atoms with van der Waals surface area (Å²) >= 11 is 0. The smallest absolute Gasteiger partial charge is 0.341 e. The van der Waals surface area contributed by atoms with Crippen LogP contribution in [-0.2, 0) is 14.8 Å². The van der Waals surface area contributed by atoms with E-state index in [1.807, 2.05) is 0 Å². The van der Waals surface area contributed by atoms with E-state index in [0.29, 0.717) is 11.5 Å². The first-order valence-corrected chi connectivity index (χ1v) is 10.5. The summed E-state index contributed by atoms with van der Waals surface area (Å²) in [6, 6.07) is 9.91. The summed E-state index contributed by atoms with van der Waals surface area (Å²) < 4.78 is 55.9. The Balaban J connectivity index is 2.01. The van der Waals surface area contributed by atoms with Crippen LogP contribution in [0.1, 0.15) is 24.2 Å². The molecule has 2 aromatic rings. The van der Waals surface area contributed by atoms with Gasteiger partial charge in [0.25, 0.3) is 0 Å². The number of hydrogen-bond acceptors (Lipinski definition) is 6. The van der Waals surface area contributed by atoms with Crippen molar-refractivity contribution in [3.8, 4) is 11.5 Å². The average Bonchev–Trinajstić information content (AvgIpc) is 2.72. The van der Waals surface area contributed by atoms with Crippen molar-refractivity contribution in [1.82, 2.24) is 4.31 Å². The van der Waals surface area contributed by atoms with Crippen LogP contribution < -0.4 is 9.47 Å². The fourth-order valence-electron chi connectivity index (χ4n) is 2.58. The van der Waals surface area contributed by atoms with E-state index in [1.54, 1.807) is 45.2 Å². The van der Waals surface area contributed by atoms with Crippen LogP contribution in [0.3, 0.4) is 0 Å². The largest absolute Gasteiger partial charge is 0.497 e. The number of carbonyl (C=O) groups excluding carboxylic acids is 1. The molecule has 0 heterocycles. The molecule has 0 aliphatic rings. The molecule has 0 aromatic heterocycles. The Labute approximate surface area is 170 Å². The SMILES string of the molecule is CCN(CC)S(=O)(=O)c1ccc(F)c(C(=O)OCCOc2ccc(OC)cc2)c1. The summed E-state index contributed by atoms with van der Waals surface area (Å²) in [7, 11) is -2.26. The predicted octanol–water partition coefficient (Wildman–Crippen LogP) is 3.10. The van der Waals surface area contributed by atoms with Gasteiger partial charge in [0.1, 0.15) is 30.5 Å². The maximum atomic E-state index is 14.1. The van der Waals surface area contributed by atoms with Gasteiger partial charge in [-0.3, -0.25) is 0 Å². The second-order valence-electron chi connectivity index (χ2n) is 5.89. The normalized spacial score (nSPS) is 11.3. The third-order valence-corrected chi connectivity index (χ3v) is 6.19. The molecular formula is C20H24FNO6S. The van der Waals surface area contributed by atoms with Gasteiger partial charge in [-0.15, -0.1) is 0 Å². The van der Waals surface area contributed by atoms with Crippen molar-refractivity contribution in [2.45, 2.75) is 18.7 Å². The van der Waals surface area contributed by atoms with Gasteiger partial charge in [0.2, 0.25) is 10.0 Å². The van der Waals surface area contributed by atoms with Crippen LogP contribution in [0.4, 0.5) is 4.39 Å². The first kappa shape index (κ1) is 22.6. The first-order chi connectivity index (χ1) is 13.8. The first-order valence-electron chi connectivity index (χ1n) is 9.07. The third-order valence-electron chi connectivity index (χ3n) is 4.15. The van der Waals surface area contributed by atoms with Crippen molar-refractivity contribution in [2.75, 3.05) is 33.4 Å². The maximum absolute atomic E-state index is 14.1. The molecule has 2 aromatic carbocycles. The maximum Gasteiger partial charge on any atom is 0.341 e. The van der Waals surface area contributed by atoms with Gasteiger partial charge in [-0.25, -0.2) is 17.6 Å². The minimum Gasteiger partial charge on any atom is -0.497 e. The van der Waals surface area contributed by atoms with E-state index >= 15 is 0 Å². The Bertz CT molecular complexity index is 926. The topological polar surface area (TPSA) is 82.1 Å². The molecule has 0 radical (unpaired) electrons. The standard InChI is InChI=1S/C20H24FNO6S/c1-4-22(5-2)29(24,25)17-10-11-19(21)18(14-17)20(23)28-13-12-27-16-8-6-15(26-3)7-9-16/h6-11,14H,4-5,12-13H2,1-3H3. The molecular weight excluding hydrogens is 401 g/mol. The summed E-state index contributed by atoms with van der Waals surface area (Å²) in [5, 5.41) is 0. The number of esters is 1. The van der Waals surface area contributed by atoms with Crippen LogP contribution >= 0.6 is 0 Å². The molecule has 9 heteroatoms. The number of benzene rings is 2. The highest BCUT2D eigenvalue weighted by molar-refractivity contribution is 7.89. The van der Waals surface area contributed by atoms with Crippen LogP contribution in [0.15, 0.2) is 47.4 Å². The van der Waals surface area contributed by atoms with Crippen LogP contribution in [0.25, 0.3) is 0 Å². The van der Waals surface area contributed by atoms with E-state index in [4.69, 9.17) is 14.2 Å². The fraction of sp³-hybridized carbons (Fsp3) is 0.350. The number of carbonyl (C=O) groups is 1. The second-order valence-corrected chi connectivity index (χ2v) is 7.83. The number of sulfonamides is 1. The molecule has 7 nitrogen and oxygen atoms in total. The minimum absolute atomic E-state index is 0.0527. The van der Waals surface area contributed by atoms with Crippen molar-refractivity contribution in [3.63, 3.8) is 0 Å². The van der Waals surface area contributed by atoms with Crippen LogP contribution in [0.2, 0.25) is 0 Å². The molecule has 0 saturated carbocycles. The van der Waals surface area contributed by atoms with Crippen molar-refractivity contribution >= 4 is 16.0 Å². The molecule has 29 heavy (non-hydrogen) atoms. The summed E-state index contributed by atoms with van der Waals surface area (Å²) in [6.07, 6.45) is 0. The Morgan fingerprint density at radius 2 is 1.62 bits per heavy atom. The number of methoxy groups -OCH3 is 1. The molecule has 2 rings (SSSR count). The lowest BCUT2D eigenvalue weighted by Crippen LogP contribution is -2.30. The molecule has 0 spiro atoms. The van der Waals surface area contributed by atoms with Gasteiger partial charge in [-0.1, -0.05) is 13.8 Å². The summed E-state index contributed by atoms with van der Waals surface area (Å²) in [5.41, 5.74) is -0.442. The zero-order valence-electron chi connectivity index (χ0n) is 16.6. The Hall–Kier alpha value is -2.65. The molecule has 158 valence electrons. The number of ether oxygens (including phenoxy) is 3. The Morgan fingerprint density at radius 1 is 1.00 bits per heavy atom. The fourth-order valence-corrected chi connectivity index (χ4v) is 4.06. The Kier molecular flexibility index (Phi) is 7.98. The zero-order chi connectivity index (χ0) is 21.4. The minimum atomic E-state index is -3.82. The van der Waals surface area contributed by atoms with Gasteiger partial charge in [0.15, 0.2) is 0 Å². The average molecular weight is 425 g/mol. The van der Waals surface area contributed by atoms with E-state index in [0.717, 1.165) is 18.2 Å². The quantitative estimate of drug-likeness (QED) is 0.430. The van der Waals surface area contributed by atoms with Crippen LogP contribution in [0.5, 0.6) is 11.5 Å². The number of nitrogens with zero attached hydrogens (tertiary/aromatic N) is 1. The van der Waals surface area contributed by atoms with Gasteiger partial charge < -0.3 is 14.2 Å². The number of hydrogen-bond donors (Lipinski definition) is 0. The molecule has 0 fully saturated rings. The van der Waals surface area contributed by atoms with Gasteiger partial charge in [0.05, 0.1) is 17.6 Å². The molecule has 0 N–H and O–H groups in total. The van der Waals surface area contributed by atoms with Gasteiger partial charge in [-0.2, -0.15) is 4.31 Å². The number of halogens is 1. The lowest BCUT2D eigenvalue weighted by molar-refractivity contribution is 0.0445. The van der Waals surface area contributed by atoms with Crippen molar-refractivity contribution in [3.05, 3.63) is 53.8 Å². The van der Waals surface area contributed by atoms with Crippen molar-refractivity contribution < 1.29 is 31.8 Å². The second kappa shape index (κ2) is 10.2. The van der Waals surface area contributed by atoms with Gasteiger partial charge >= 0.3 is 5.97 Å². The van der Waals surface area contributed by atoms with E-state index in [-0.39, 0.29) is 31.2 Å². The van der Waals surface area contributed by atoms with Crippen LogP contribution in [0, 0.1) is 5.82 Å². The molecule has 0 amide bonds. The predicted molar refractivity (Wildman–Crippen MR) is 105 cm³/mol. The van der Waals surface area contributed by atoms with Crippen LogP contribution in [-0.4, -0.2) is 52.1 Å². The summed E-state index contributed by atoms with van der Waals surface area (Å²) in [5.74, 6) is -0.582. The molecule has 0 unspecified atom stereocenters. The molecule has 0 atom stereocenters. The van der Waals surface area contributed by atoms with Crippen molar-refractivity contribution in [1.29, 1.82) is 0 Å².